The van der Waals surface area contributed by atoms with Crippen LogP contribution in [0.4, 0.5) is 0 Å². The topological polar surface area (TPSA) is 52.8 Å². The summed E-state index contributed by atoms with van der Waals surface area (Å²) in [4.78, 5) is 20.0. The van der Waals surface area contributed by atoms with Crippen LogP contribution in [-0.2, 0) is 27.6 Å². The molecular formula is C26H26N2O3. The lowest BCUT2D eigenvalue weighted by Gasteiger charge is -2.07. The average molecular weight is 415 g/mol. The summed E-state index contributed by atoms with van der Waals surface area (Å²) in [6.07, 6.45) is 0.901. The van der Waals surface area contributed by atoms with Gasteiger partial charge < -0.3 is 4.57 Å². The van der Waals surface area contributed by atoms with E-state index in [1.54, 1.807) is 0 Å². The van der Waals surface area contributed by atoms with Crippen molar-refractivity contribution < 1.29 is 14.7 Å². The predicted molar refractivity (Wildman–Crippen MR) is 124 cm³/mol. The van der Waals surface area contributed by atoms with Crippen molar-refractivity contribution in [1.29, 1.82) is 0 Å². The molecule has 0 unspecified atom stereocenters. The molecule has 0 aliphatic heterocycles. The summed E-state index contributed by atoms with van der Waals surface area (Å²) in [7, 11) is 0. The van der Waals surface area contributed by atoms with E-state index in [4.69, 9.17) is 0 Å². The van der Waals surface area contributed by atoms with Gasteiger partial charge in [-0.2, -0.15) is 4.99 Å². The predicted octanol–water partition coefficient (Wildman–Crippen LogP) is 5.93. The second-order valence-corrected chi connectivity index (χ2v) is 7.76. The number of oxime groups is 1. The highest BCUT2D eigenvalue weighted by atomic mass is 17.3. The molecule has 158 valence electrons. The number of aryl methyl sites for hydroxylation is 2. The molecule has 1 aromatic heterocycles. The Labute approximate surface area is 181 Å². The number of benzene rings is 3. The van der Waals surface area contributed by atoms with Crippen molar-refractivity contribution in [3.63, 3.8) is 0 Å². The summed E-state index contributed by atoms with van der Waals surface area (Å²) in [5.74, 6) is -0.542. The Kier molecular flexibility index (Phi) is 5.76. The van der Waals surface area contributed by atoms with E-state index in [1.165, 1.54) is 45.4 Å². The largest absolute Gasteiger partial charge is 0.354 e. The summed E-state index contributed by atoms with van der Waals surface area (Å²) in [6, 6.07) is 21.5. The monoisotopic (exact) mass is 414 g/mol. The zero-order valence-electron chi connectivity index (χ0n) is 18.3. The number of aromatic nitrogens is 1. The van der Waals surface area contributed by atoms with E-state index in [9.17, 15) is 4.79 Å². The minimum absolute atomic E-state index is 0.542. The van der Waals surface area contributed by atoms with Crippen LogP contribution in [0, 0.1) is 6.92 Å². The van der Waals surface area contributed by atoms with Gasteiger partial charge >= 0.3 is 5.97 Å². The number of hydrogen-bond acceptors (Lipinski definition) is 4. The summed E-state index contributed by atoms with van der Waals surface area (Å²) in [6.45, 7) is 8.30. The zero-order valence-corrected chi connectivity index (χ0v) is 18.3. The maximum atomic E-state index is 10.9. The maximum absolute atomic E-state index is 10.9. The fraction of sp³-hybridized carbons (Fsp3) is 0.231. The van der Waals surface area contributed by atoms with E-state index in [-0.39, 0.29) is 0 Å². The van der Waals surface area contributed by atoms with Gasteiger partial charge in [0.25, 0.3) is 0 Å². The normalized spacial score (nSPS) is 11.8. The first-order valence-electron chi connectivity index (χ1n) is 10.5. The van der Waals surface area contributed by atoms with Gasteiger partial charge in [0.2, 0.25) is 0 Å². The Bertz CT molecular complexity index is 1300. The van der Waals surface area contributed by atoms with Crippen LogP contribution >= 0.6 is 0 Å². The molecule has 0 amide bonds. The van der Waals surface area contributed by atoms with Gasteiger partial charge in [-0.25, -0.2) is 9.68 Å². The highest BCUT2D eigenvalue weighted by Crippen LogP contribution is 2.31. The van der Waals surface area contributed by atoms with Gasteiger partial charge in [-0.05, 0) is 78.9 Å². The molecule has 0 fully saturated rings. The van der Waals surface area contributed by atoms with Crippen LogP contribution in [0.1, 0.15) is 43.0 Å². The molecule has 5 nitrogen and oxygen atoms in total. The number of carbonyl (C=O) groups excluding carboxylic acids is 1. The van der Waals surface area contributed by atoms with Crippen LogP contribution in [0.2, 0.25) is 0 Å². The summed E-state index contributed by atoms with van der Waals surface area (Å²) in [5.41, 5.74) is 7.88. The third-order valence-electron chi connectivity index (χ3n) is 5.65. The molecular weight excluding hydrogens is 388 g/mol. The standard InChI is InChI=1S/C26H26N2O3/c1-5-28-25-12-10-20(14-21-9-7-6-8-17(21)2)15-23(25)24-16-22(11-13-26(24)28)18(3)27-31-30-19(4)29/h6-13,15-16H,5,14H2,1-4H3. The van der Waals surface area contributed by atoms with Crippen molar-refractivity contribution in [2.24, 2.45) is 5.16 Å². The van der Waals surface area contributed by atoms with Crippen molar-refractivity contribution in [3.8, 4) is 0 Å². The van der Waals surface area contributed by atoms with Gasteiger partial charge in [-0.15, -0.1) is 0 Å². The lowest BCUT2D eigenvalue weighted by Crippen LogP contribution is -2.00. The van der Waals surface area contributed by atoms with Gasteiger partial charge in [-0.1, -0.05) is 36.4 Å². The molecule has 0 N–H and O–H groups in total. The van der Waals surface area contributed by atoms with E-state index >= 15 is 0 Å². The van der Waals surface area contributed by atoms with Crippen molar-refractivity contribution in [2.45, 2.75) is 40.7 Å². The molecule has 0 aliphatic rings. The fourth-order valence-corrected chi connectivity index (χ4v) is 4.03. The molecule has 31 heavy (non-hydrogen) atoms. The van der Waals surface area contributed by atoms with Gasteiger partial charge in [0.1, 0.15) is 0 Å². The number of hydrogen-bond donors (Lipinski definition) is 0. The highest BCUT2D eigenvalue weighted by molar-refractivity contribution is 6.11. The van der Waals surface area contributed by atoms with E-state index in [2.05, 4.69) is 88.0 Å². The van der Waals surface area contributed by atoms with Crippen molar-refractivity contribution >= 4 is 33.5 Å². The lowest BCUT2D eigenvalue weighted by molar-refractivity contribution is -0.270. The Morgan fingerprint density at radius 3 is 2.39 bits per heavy atom. The molecule has 0 atom stereocenters. The smallest absolute Gasteiger partial charge is 0.341 e. The highest BCUT2D eigenvalue weighted by Gasteiger charge is 2.13. The Hall–Kier alpha value is -3.60. The van der Waals surface area contributed by atoms with E-state index in [0.717, 1.165) is 18.5 Å². The molecule has 4 aromatic rings. The minimum Gasteiger partial charge on any atom is -0.341 e. The van der Waals surface area contributed by atoms with Crippen LogP contribution < -0.4 is 0 Å². The van der Waals surface area contributed by atoms with Gasteiger partial charge in [0, 0.05) is 35.3 Å². The van der Waals surface area contributed by atoms with Gasteiger partial charge in [-0.3, -0.25) is 0 Å². The van der Waals surface area contributed by atoms with E-state index in [0.29, 0.717) is 5.71 Å². The molecule has 0 saturated carbocycles. The Morgan fingerprint density at radius 1 is 0.968 bits per heavy atom. The van der Waals surface area contributed by atoms with Crippen LogP contribution in [0.25, 0.3) is 21.8 Å². The van der Waals surface area contributed by atoms with Crippen molar-refractivity contribution in [1.82, 2.24) is 4.57 Å². The molecule has 3 aromatic carbocycles. The Morgan fingerprint density at radius 2 is 1.68 bits per heavy atom. The van der Waals surface area contributed by atoms with E-state index in [1.807, 2.05) is 13.0 Å². The lowest BCUT2D eigenvalue weighted by atomic mass is 9.99. The number of fused-ring (bicyclic) bond motifs is 3. The number of carbonyl (C=O) groups is 1. The third-order valence-corrected chi connectivity index (χ3v) is 5.65. The molecule has 1 heterocycles. The number of nitrogens with zero attached hydrogens (tertiary/aromatic N) is 2. The molecule has 0 saturated heterocycles. The van der Waals surface area contributed by atoms with Gasteiger partial charge in [0.05, 0.1) is 5.71 Å². The summed E-state index contributed by atoms with van der Waals surface area (Å²) >= 11 is 0. The molecule has 0 radical (unpaired) electrons. The molecule has 0 bridgehead atoms. The van der Waals surface area contributed by atoms with Crippen LogP contribution in [0.15, 0.2) is 65.8 Å². The maximum Gasteiger partial charge on any atom is 0.354 e. The van der Waals surface area contributed by atoms with Crippen molar-refractivity contribution in [3.05, 3.63) is 82.9 Å². The van der Waals surface area contributed by atoms with Crippen LogP contribution in [0.5, 0.6) is 0 Å². The average Bonchev–Trinajstić information content (AvgIpc) is 3.07. The summed E-state index contributed by atoms with van der Waals surface area (Å²) < 4.78 is 2.33. The molecule has 0 aliphatic carbocycles. The SMILES string of the molecule is CCn1c2ccc(Cc3ccccc3C)cc2c2cc(C(C)=NOOC(C)=O)ccc21. The molecule has 0 spiro atoms. The quantitative estimate of drug-likeness (QED) is 0.223. The number of rotatable bonds is 6. The third kappa shape index (κ3) is 4.17. The zero-order chi connectivity index (χ0) is 22.0. The Balaban J connectivity index is 1.78. The van der Waals surface area contributed by atoms with Crippen LogP contribution in [-0.4, -0.2) is 16.2 Å². The second-order valence-electron chi connectivity index (χ2n) is 7.76. The first-order valence-corrected chi connectivity index (χ1v) is 10.5. The van der Waals surface area contributed by atoms with Gasteiger partial charge in [0.15, 0.2) is 0 Å². The fourth-order valence-electron chi connectivity index (χ4n) is 4.03. The first kappa shape index (κ1) is 20.7. The minimum atomic E-state index is -0.542. The molecule has 5 heteroatoms. The molecule has 4 rings (SSSR count). The summed E-state index contributed by atoms with van der Waals surface area (Å²) in [5, 5.41) is 6.29. The van der Waals surface area contributed by atoms with E-state index < -0.39 is 5.97 Å². The second kappa shape index (κ2) is 8.64. The van der Waals surface area contributed by atoms with Crippen molar-refractivity contribution in [2.75, 3.05) is 0 Å². The first-order chi connectivity index (χ1) is 15.0. The van der Waals surface area contributed by atoms with Crippen LogP contribution in [0.3, 0.4) is 0 Å².